The first-order valence-corrected chi connectivity index (χ1v) is 11.1. The summed E-state index contributed by atoms with van der Waals surface area (Å²) in [5.74, 6) is 0.899. The van der Waals surface area contributed by atoms with Gasteiger partial charge in [-0.3, -0.25) is 0 Å². The molecule has 0 aromatic rings. The Labute approximate surface area is 159 Å². The maximum absolute atomic E-state index is 5.60. The van der Waals surface area contributed by atoms with Crippen molar-refractivity contribution in [2.45, 2.75) is 102 Å². The van der Waals surface area contributed by atoms with E-state index < -0.39 is 0 Å². The van der Waals surface area contributed by atoms with Gasteiger partial charge in [0.2, 0.25) is 0 Å². The molecule has 138 valence electrons. The van der Waals surface area contributed by atoms with E-state index in [2.05, 4.69) is 10.6 Å². The van der Waals surface area contributed by atoms with E-state index in [4.69, 9.17) is 24.4 Å². The van der Waals surface area contributed by atoms with Crippen molar-refractivity contribution in [2.75, 3.05) is 6.54 Å². The fourth-order valence-corrected chi connectivity index (χ4v) is 4.77. The second-order valence-electron chi connectivity index (χ2n) is 7.79. The van der Waals surface area contributed by atoms with E-state index in [1.54, 1.807) is 0 Å². The molecule has 2 saturated carbocycles. The van der Waals surface area contributed by atoms with E-state index in [0.717, 1.165) is 24.0 Å². The third kappa shape index (κ3) is 8.75. The summed E-state index contributed by atoms with van der Waals surface area (Å²) in [5, 5.41) is 7.70. The zero-order valence-electron chi connectivity index (χ0n) is 15.3. The predicted octanol–water partition coefficient (Wildman–Crippen LogP) is 5.68. The van der Waals surface area contributed by atoms with Crippen LogP contribution >= 0.6 is 24.4 Å². The molecular formula is C20H36N2S2. The Morgan fingerprint density at radius 2 is 1.46 bits per heavy atom. The number of rotatable bonds is 9. The van der Waals surface area contributed by atoms with Crippen LogP contribution in [0.1, 0.15) is 96.3 Å². The molecule has 0 heterocycles. The van der Waals surface area contributed by atoms with Crippen LogP contribution in [-0.2, 0) is 0 Å². The van der Waals surface area contributed by atoms with Gasteiger partial charge in [0.15, 0.2) is 5.11 Å². The minimum absolute atomic E-state index is 0.607. The lowest BCUT2D eigenvalue weighted by atomic mass is 9.85. The molecule has 2 N–H and O–H groups in total. The highest BCUT2D eigenvalue weighted by atomic mass is 32.1. The first kappa shape index (κ1) is 20.1. The van der Waals surface area contributed by atoms with Gasteiger partial charge in [0, 0.05) is 12.6 Å². The Kier molecular flexibility index (Phi) is 10.2. The first-order chi connectivity index (χ1) is 11.7. The normalized spacial score (nSPS) is 19.8. The molecule has 0 unspecified atom stereocenters. The van der Waals surface area contributed by atoms with E-state index in [1.807, 2.05) is 0 Å². The standard InChI is InChI=1S/C20H36N2S2/c23-19(16-17-10-4-1-5-11-17)14-8-3-9-15-21-20(24)22-18-12-6-2-7-13-18/h17-18H,1-16H2,(H2,21,22,24). The third-order valence-electron chi connectivity index (χ3n) is 5.60. The molecule has 0 radical (unpaired) electrons. The quantitative estimate of drug-likeness (QED) is 0.403. The molecule has 2 aliphatic rings. The van der Waals surface area contributed by atoms with Crippen molar-refractivity contribution in [2.24, 2.45) is 5.92 Å². The molecule has 4 heteroatoms. The summed E-state index contributed by atoms with van der Waals surface area (Å²) in [7, 11) is 0. The summed E-state index contributed by atoms with van der Waals surface area (Å²) in [6, 6.07) is 0.607. The van der Waals surface area contributed by atoms with E-state index in [0.29, 0.717) is 6.04 Å². The van der Waals surface area contributed by atoms with Crippen molar-refractivity contribution in [3.8, 4) is 0 Å². The average molecular weight is 369 g/mol. The number of hydrogen-bond acceptors (Lipinski definition) is 2. The summed E-state index contributed by atoms with van der Waals surface area (Å²) < 4.78 is 0. The summed E-state index contributed by atoms with van der Waals surface area (Å²) in [4.78, 5) is 1.32. The predicted molar refractivity (Wildman–Crippen MR) is 113 cm³/mol. The maximum atomic E-state index is 5.60. The molecular weight excluding hydrogens is 332 g/mol. The number of unbranched alkanes of at least 4 members (excludes halogenated alkanes) is 2. The van der Waals surface area contributed by atoms with E-state index >= 15 is 0 Å². The van der Waals surface area contributed by atoms with Crippen LogP contribution in [0.25, 0.3) is 0 Å². The SMILES string of the molecule is S=C(CCCCCNC(=S)NC1CCCCC1)CC1CCCCC1. The van der Waals surface area contributed by atoms with Crippen LogP contribution in [-0.4, -0.2) is 22.6 Å². The van der Waals surface area contributed by atoms with Gasteiger partial charge in [0.1, 0.15) is 0 Å². The zero-order valence-corrected chi connectivity index (χ0v) is 16.9. The second kappa shape index (κ2) is 12.2. The monoisotopic (exact) mass is 368 g/mol. The molecule has 0 aromatic carbocycles. The van der Waals surface area contributed by atoms with Gasteiger partial charge in [-0.2, -0.15) is 0 Å². The maximum Gasteiger partial charge on any atom is 0.166 e. The van der Waals surface area contributed by atoms with Gasteiger partial charge >= 0.3 is 0 Å². The van der Waals surface area contributed by atoms with E-state index in [9.17, 15) is 0 Å². The molecule has 2 fully saturated rings. The Morgan fingerprint density at radius 3 is 2.17 bits per heavy atom. The average Bonchev–Trinajstić information content (AvgIpc) is 2.60. The Balaban J connectivity index is 1.41. The second-order valence-corrected chi connectivity index (χ2v) is 8.78. The van der Waals surface area contributed by atoms with Gasteiger partial charge in [0.05, 0.1) is 0 Å². The fraction of sp³-hybridized carbons (Fsp3) is 0.900. The number of thiocarbonyl (C=S) groups is 2. The highest BCUT2D eigenvalue weighted by Gasteiger charge is 2.15. The van der Waals surface area contributed by atoms with Gasteiger partial charge in [-0.05, 0) is 61.5 Å². The van der Waals surface area contributed by atoms with Crippen LogP contribution in [0.4, 0.5) is 0 Å². The third-order valence-corrected chi connectivity index (χ3v) is 6.23. The summed E-state index contributed by atoms with van der Waals surface area (Å²) in [6.07, 6.45) is 19.8. The molecule has 0 amide bonds. The molecule has 0 atom stereocenters. The molecule has 0 aliphatic heterocycles. The van der Waals surface area contributed by atoms with Crippen LogP contribution in [0.3, 0.4) is 0 Å². The molecule has 24 heavy (non-hydrogen) atoms. The van der Waals surface area contributed by atoms with Crippen molar-refractivity contribution in [3.05, 3.63) is 0 Å². The molecule has 0 spiro atoms. The van der Waals surface area contributed by atoms with E-state index in [-0.39, 0.29) is 0 Å². The molecule has 2 rings (SSSR count). The van der Waals surface area contributed by atoms with Crippen molar-refractivity contribution in [3.63, 3.8) is 0 Å². The molecule has 0 bridgehead atoms. The fourth-order valence-electron chi connectivity index (χ4n) is 4.12. The molecule has 2 aliphatic carbocycles. The van der Waals surface area contributed by atoms with Gasteiger partial charge in [-0.25, -0.2) is 0 Å². The highest BCUT2D eigenvalue weighted by Crippen LogP contribution is 2.27. The van der Waals surface area contributed by atoms with Crippen molar-refractivity contribution in [1.29, 1.82) is 0 Å². The van der Waals surface area contributed by atoms with Crippen molar-refractivity contribution < 1.29 is 0 Å². The van der Waals surface area contributed by atoms with E-state index in [1.165, 1.54) is 94.8 Å². The van der Waals surface area contributed by atoms with Crippen LogP contribution in [0.2, 0.25) is 0 Å². The molecule has 0 saturated heterocycles. The lowest BCUT2D eigenvalue weighted by Crippen LogP contribution is -2.42. The number of hydrogen-bond donors (Lipinski definition) is 2. The molecule has 2 nitrogen and oxygen atoms in total. The van der Waals surface area contributed by atoms with Crippen LogP contribution in [0, 0.1) is 5.92 Å². The lowest BCUT2D eigenvalue weighted by molar-refractivity contribution is 0.368. The number of nitrogens with one attached hydrogen (secondary N) is 2. The minimum atomic E-state index is 0.607. The van der Waals surface area contributed by atoms with Gasteiger partial charge in [-0.15, -0.1) is 0 Å². The van der Waals surface area contributed by atoms with Crippen molar-refractivity contribution in [1.82, 2.24) is 10.6 Å². The largest absolute Gasteiger partial charge is 0.363 e. The van der Waals surface area contributed by atoms with Crippen LogP contribution in [0.5, 0.6) is 0 Å². The first-order valence-electron chi connectivity index (χ1n) is 10.3. The topological polar surface area (TPSA) is 24.1 Å². The zero-order chi connectivity index (χ0) is 17.0. The molecule has 0 aromatic heterocycles. The smallest absolute Gasteiger partial charge is 0.166 e. The Bertz CT molecular complexity index is 336. The van der Waals surface area contributed by atoms with Crippen LogP contribution < -0.4 is 10.6 Å². The Hall–Kier alpha value is -0.220. The van der Waals surface area contributed by atoms with Gasteiger partial charge < -0.3 is 10.6 Å². The summed E-state index contributed by atoms with van der Waals surface area (Å²) in [5.41, 5.74) is 0. The Morgan fingerprint density at radius 1 is 0.792 bits per heavy atom. The van der Waals surface area contributed by atoms with Gasteiger partial charge in [0.25, 0.3) is 0 Å². The minimum Gasteiger partial charge on any atom is -0.363 e. The summed E-state index contributed by atoms with van der Waals surface area (Å²) >= 11 is 11.0. The van der Waals surface area contributed by atoms with Gasteiger partial charge in [-0.1, -0.05) is 70.0 Å². The lowest BCUT2D eigenvalue weighted by Gasteiger charge is -2.24. The summed E-state index contributed by atoms with van der Waals surface area (Å²) in [6.45, 7) is 0.994. The highest BCUT2D eigenvalue weighted by molar-refractivity contribution is 7.80. The van der Waals surface area contributed by atoms with Crippen LogP contribution in [0.15, 0.2) is 0 Å². The van der Waals surface area contributed by atoms with Crippen molar-refractivity contribution >= 4 is 34.4 Å².